The van der Waals surface area contributed by atoms with Crippen molar-refractivity contribution in [3.8, 4) is 0 Å². The van der Waals surface area contributed by atoms with Crippen molar-refractivity contribution >= 4 is 5.96 Å². The minimum absolute atomic E-state index is 0.471. The van der Waals surface area contributed by atoms with Crippen LogP contribution in [0.3, 0.4) is 0 Å². The van der Waals surface area contributed by atoms with E-state index in [4.69, 9.17) is 10.8 Å². The molecule has 1 fully saturated rings. The lowest BCUT2D eigenvalue weighted by Gasteiger charge is -2.25. The Kier molecular flexibility index (Phi) is 7.05. The molecular weight excluding hydrogens is 226 g/mol. The third-order valence-electron chi connectivity index (χ3n) is 3.47. The second-order valence-electron chi connectivity index (χ2n) is 5.27. The van der Waals surface area contributed by atoms with Gasteiger partial charge in [-0.3, -0.25) is 5.43 Å². The van der Waals surface area contributed by atoms with Crippen LogP contribution < -0.4 is 11.3 Å². The minimum atomic E-state index is 0.471. The van der Waals surface area contributed by atoms with Crippen LogP contribution >= 0.6 is 0 Å². The molecule has 0 heterocycles. The fourth-order valence-electron chi connectivity index (χ4n) is 2.41. The van der Waals surface area contributed by atoms with Gasteiger partial charge in [-0.2, -0.15) is 0 Å². The summed E-state index contributed by atoms with van der Waals surface area (Å²) >= 11 is 0. The molecule has 0 aliphatic heterocycles. The number of hydrogen-bond donors (Lipinski definition) is 2. The summed E-state index contributed by atoms with van der Waals surface area (Å²) < 4.78 is 0. The quantitative estimate of drug-likeness (QED) is 0.322. The van der Waals surface area contributed by atoms with Crippen molar-refractivity contribution in [1.29, 1.82) is 0 Å². The molecule has 0 bridgehead atoms. The van der Waals surface area contributed by atoms with Crippen LogP contribution in [0.15, 0.2) is 4.99 Å². The molecule has 1 rings (SSSR count). The lowest BCUT2D eigenvalue weighted by Crippen LogP contribution is -2.46. The van der Waals surface area contributed by atoms with Gasteiger partial charge in [0.05, 0.1) is 6.04 Å². The Bertz CT molecular complexity index is 246. The van der Waals surface area contributed by atoms with Gasteiger partial charge in [-0.05, 0) is 46.8 Å². The second-order valence-corrected chi connectivity index (χ2v) is 5.27. The Morgan fingerprint density at radius 3 is 2.44 bits per heavy atom. The zero-order chi connectivity index (χ0) is 13.4. The molecule has 5 nitrogen and oxygen atoms in total. The highest BCUT2D eigenvalue weighted by Gasteiger charge is 2.16. The number of aliphatic imine (C=N–C) groups is 1. The van der Waals surface area contributed by atoms with Crippen LogP contribution in [0.2, 0.25) is 0 Å². The van der Waals surface area contributed by atoms with Gasteiger partial charge in [0.25, 0.3) is 0 Å². The van der Waals surface area contributed by atoms with Gasteiger partial charge in [0, 0.05) is 13.1 Å². The molecule has 106 valence electrons. The van der Waals surface area contributed by atoms with Gasteiger partial charge in [0.1, 0.15) is 0 Å². The molecule has 0 aromatic carbocycles. The van der Waals surface area contributed by atoms with Crippen LogP contribution in [0.5, 0.6) is 0 Å². The van der Waals surface area contributed by atoms with Crippen molar-refractivity contribution in [3.63, 3.8) is 0 Å². The molecule has 0 saturated heterocycles. The Morgan fingerprint density at radius 2 is 1.94 bits per heavy atom. The van der Waals surface area contributed by atoms with Crippen molar-refractivity contribution in [2.75, 3.05) is 33.7 Å². The molecule has 0 aromatic rings. The number of nitrogens with two attached hydrogens (primary N) is 1. The summed E-state index contributed by atoms with van der Waals surface area (Å²) in [6.45, 7) is 5.20. The van der Waals surface area contributed by atoms with Gasteiger partial charge >= 0.3 is 0 Å². The van der Waals surface area contributed by atoms with Crippen LogP contribution in [0.4, 0.5) is 0 Å². The van der Waals surface area contributed by atoms with Crippen LogP contribution in [0, 0.1) is 0 Å². The summed E-state index contributed by atoms with van der Waals surface area (Å²) in [4.78, 5) is 9.20. The van der Waals surface area contributed by atoms with Crippen molar-refractivity contribution in [3.05, 3.63) is 0 Å². The van der Waals surface area contributed by atoms with Gasteiger partial charge in [0.15, 0.2) is 0 Å². The molecule has 5 heteroatoms. The molecule has 0 atom stereocenters. The predicted octanol–water partition coefficient (Wildman–Crippen LogP) is 1.02. The highest BCUT2D eigenvalue weighted by Crippen LogP contribution is 2.21. The molecule has 0 spiro atoms. The minimum Gasteiger partial charge on any atom is -0.342 e. The zero-order valence-corrected chi connectivity index (χ0v) is 12.2. The summed E-state index contributed by atoms with van der Waals surface area (Å²) in [6, 6.07) is 0.471. The topological polar surface area (TPSA) is 56.9 Å². The molecule has 0 unspecified atom stereocenters. The summed E-state index contributed by atoms with van der Waals surface area (Å²) in [5.41, 5.74) is 2.78. The van der Waals surface area contributed by atoms with Crippen molar-refractivity contribution in [1.82, 2.24) is 15.2 Å². The van der Waals surface area contributed by atoms with Crippen molar-refractivity contribution < 1.29 is 0 Å². The average molecular weight is 255 g/mol. The summed E-state index contributed by atoms with van der Waals surface area (Å²) in [7, 11) is 4.20. The van der Waals surface area contributed by atoms with Crippen molar-refractivity contribution in [2.45, 2.75) is 45.1 Å². The monoisotopic (exact) mass is 255 g/mol. The van der Waals surface area contributed by atoms with E-state index in [1.54, 1.807) is 0 Å². The van der Waals surface area contributed by atoms with Gasteiger partial charge in [-0.15, -0.1) is 0 Å². The molecule has 1 aliphatic carbocycles. The van der Waals surface area contributed by atoms with E-state index < -0.39 is 0 Å². The number of nitrogens with one attached hydrogen (secondary N) is 1. The Hall–Kier alpha value is -0.810. The predicted molar refractivity (Wildman–Crippen MR) is 77.4 cm³/mol. The maximum Gasteiger partial charge on any atom is 0.208 e. The van der Waals surface area contributed by atoms with E-state index in [2.05, 4.69) is 36.2 Å². The molecule has 1 aliphatic rings. The van der Waals surface area contributed by atoms with E-state index in [-0.39, 0.29) is 0 Å². The Morgan fingerprint density at radius 1 is 1.28 bits per heavy atom. The number of rotatable bonds is 6. The maximum atomic E-state index is 5.63. The van der Waals surface area contributed by atoms with Crippen LogP contribution in [0.25, 0.3) is 0 Å². The Balaban J connectivity index is 2.47. The molecule has 1 saturated carbocycles. The molecule has 3 N–H and O–H groups in total. The largest absolute Gasteiger partial charge is 0.342 e. The molecular formula is C13H29N5. The SMILES string of the molecule is CCN(CCCN(C)C)C(=NC1CCCC1)NN. The smallest absolute Gasteiger partial charge is 0.208 e. The average Bonchev–Trinajstić information content (AvgIpc) is 2.85. The van der Waals surface area contributed by atoms with Crippen LogP contribution in [-0.2, 0) is 0 Å². The van der Waals surface area contributed by atoms with E-state index in [0.717, 1.165) is 32.0 Å². The van der Waals surface area contributed by atoms with Gasteiger partial charge in [0.2, 0.25) is 5.96 Å². The first-order valence-electron chi connectivity index (χ1n) is 7.11. The van der Waals surface area contributed by atoms with E-state index >= 15 is 0 Å². The van der Waals surface area contributed by atoms with Crippen molar-refractivity contribution in [2.24, 2.45) is 10.8 Å². The fraction of sp³-hybridized carbons (Fsp3) is 0.923. The lowest BCUT2D eigenvalue weighted by atomic mass is 10.3. The Labute approximate surface area is 111 Å². The highest BCUT2D eigenvalue weighted by molar-refractivity contribution is 5.79. The van der Waals surface area contributed by atoms with E-state index in [0.29, 0.717) is 6.04 Å². The standard InChI is InChI=1S/C13H29N5/c1-4-18(11-7-10-17(2)3)13(16-14)15-12-8-5-6-9-12/h12H,4-11,14H2,1-3H3,(H,15,16). The fourth-order valence-corrected chi connectivity index (χ4v) is 2.41. The molecule has 0 aromatic heterocycles. The molecule has 0 radical (unpaired) electrons. The first-order chi connectivity index (χ1) is 8.67. The van der Waals surface area contributed by atoms with Crippen LogP contribution in [0.1, 0.15) is 39.0 Å². The summed E-state index contributed by atoms with van der Waals surface area (Å²) in [6.07, 6.45) is 6.16. The number of nitrogens with zero attached hydrogens (tertiary/aromatic N) is 3. The molecule has 18 heavy (non-hydrogen) atoms. The van der Waals surface area contributed by atoms with Gasteiger partial charge in [-0.25, -0.2) is 10.8 Å². The first-order valence-corrected chi connectivity index (χ1v) is 7.11. The van der Waals surface area contributed by atoms with Gasteiger partial charge < -0.3 is 9.80 Å². The molecule has 0 amide bonds. The van der Waals surface area contributed by atoms with E-state index in [1.807, 2.05) is 0 Å². The lowest BCUT2D eigenvalue weighted by molar-refractivity contribution is 0.348. The highest BCUT2D eigenvalue weighted by atomic mass is 15.4. The summed E-state index contributed by atoms with van der Waals surface area (Å²) in [5.74, 6) is 6.49. The normalized spacial score (nSPS) is 17.5. The number of guanidine groups is 1. The van der Waals surface area contributed by atoms with Gasteiger partial charge in [-0.1, -0.05) is 12.8 Å². The zero-order valence-electron chi connectivity index (χ0n) is 12.2. The number of hydrazine groups is 1. The second kappa shape index (κ2) is 8.32. The van der Waals surface area contributed by atoms with E-state index in [9.17, 15) is 0 Å². The third-order valence-corrected chi connectivity index (χ3v) is 3.47. The van der Waals surface area contributed by atoms with E-state index in [1.165, 1.54) is 25.7 Å². The summed E-state index contributed by atoms with van der Waals surface area (Å²) in [5, 5.41) is 0. The maximum absolute atomic E-state index is 5.63. The van der Waals surface area contributed by atoms with Crippen LogP contribution in [-0.4, -0.2) is 55.5 Å². The third kappa shape index (κ3) is 5.23. The number of hydrogen-bond acceptors (Lipinski definition) is 3. The first kappa shape index (κ1) is 15.2.